The van der Waals surface area contributed by atoms with Crippen molar-refractivity contribution in [1.82, 2.24) is 0 Å². The highest BCUT2D eigenvalue weighted by Crippen LogP contribution is 2.31. The maximum absolute atomic E-state index is 10.7. The number of hydrogen-bond acceptors (Lipinski definition) is 5. The molecule has 17 heavy (non-hydrogen) atoms. The van der Waals surface area contributed by atoms with Crippen molar-refractivity contribution in [2.45, 2.75) is 12.8 Å². The van der Waals surface area contributed by atoms with Crippen LogP contribution in [0.3, 0.4) is 0 Å². The van der Waals surface area contributed by atoms with E-state index in [0.29, 0.717) is 18.6 Å². The Morgan fingerprint density at radius 3 is 2.88 bits per heavy atom. The van der Waals surface area contributed by atoms with Gasteiger partial charge in [0.1, 0.15) is 5.75 Å². The van der Waals surface area contributed by atoms with Crippen molar-refractivity contribution in [3.63, 3.8) is 0 Å². The van der Waals surface area contributed by atoms with Gasteiger partial charge in [-0.1, -0.05) is 0 Å². The number of unbranched alkanes of at least 4 members (excludes halogenated alkanes) is 1. The Hall–Kier alpha value is -2.29. The Bertz CT molecular complexity index is 440. The van der Waals surface area contributed by atoms with Gasteiger partial charge < -0.3 is 9.47 Å². The molecule has 0 atom stereocenters. The molecule has 0 saturated carbocycles. The van der Waals surface area contributed by atoms with Gasteiger partial charge in [0.05, 0.1) is 24.7 Å². The third kappa shape index (κ3) is 3.65. The molecule has 6 nitrogen and oxygen atoms in total. The van der Waals surface area contributed by atoms with E-state index < -0.39 is 4.92 Å². The Kier molecular flexibility index (Phi) is 4.76. The quantitative estimate of drug-likeness (QED) is 0.429. The van der Waals surface area contributed by atoms with Crippen LogP contribution in [0.2, 0.25) is 0 Å². The molecule has 0 amide bonds. The van der Waals surface area contributed by atoms with E-state index in [9.17, 15) is 10.1 Å². The van der Waals surface area contributed by atoms with Crippen molar-refractivity contribution in [3.8, 4) is 17.6 Å². The molecule has 0 aliphatic rings. The lowest BCUT2D eigenvalue weighted by Gasteiger charge is -2.07. The van der Waals surface area contributed by atoms with E-state index in [2.05, 4.69) is 0 Å². The average molecular weight is 236 g/mol. The van der Waals surface area contributed by atoms with Crippen molar-refractivity contribution in [1.29, 1.82) is 5.26 Å². The molecule has 1 aromatic carbocycles. The average Bonchev–Trinajstić information content (AvgIpc) is 2.34. The van der Waals surface area contributed by atoms with Crippen LogP contribution >= 0.6 is 0 Å². The molecule has 0 spiro atoms. The molecule has 0 aromatic heterocycles. The number of nitro benzene ring substituents is 1. The van der Waals surface area contributed by atoms with Crippen LogP contribution in [0.4, 0.5) is 5.69 Å². The van der Waals surface area contributed by atoms with Gasteiger partial charge in [-0.15, -0.1) is 0 Å². The minimum absolute atomic E-state index is 0.109. The molecule has 0 bridgehead atoms. The van der Waals surface area contributed by atoms with Gasteiger partial charge in [0, 0.05) is 18.6 Å². The second kappa shape index (κ2) is 6.33. The predicted molar refractivity (Wildman–Crippen MR) is 60.0 cm³/mol. The van der Waals surface area contributed by atoms with Crippen LogP contribution in [-0.4, -0.2) is 18.6 Å². The van der Waals surface area contributed by atoms with E-state index in [1.807, 2.05) is 6.07 Å². The predicted octanol–water partition coefficient (Wildman–Crippen LogP) is 2.29. The zero-order chi connectivity index (χ0) is 12.7. The van der Waals surface area contributed by atoms with Crippen LogP contribution in [0.15, 0.2) is 18.2 Å². The number of methoxy groups -OCH3 is 1. The fourth-order valence-corrected chi connectivity index (χ4v) is 1.22. The summed E-state index contributed by atoms with van der Waals surface area (Å²) in [6.45, 7) is 0.265. The molecular weight excluding hydrogens is 224 g/mol. The standard InChI is InChI=1S/C11H12N2O4/c1-16-9-4-5-10(13(14)15)11(8-9)17-7-3-2-6-12/h4-5,8H,2-3,7H2,1H3. The number of nitro groups is 1. The van der Waals surface area contributed by atoms with Crippen molar-refractivity contribution in [3.05, 3.63) is 28.3 Å². The minimum Gasteiger partial charge on any atom is -0.497 e. The van der Waals surface area contributed by atoms with Crippen LogP contribution in [0, 0.1) is 21.4 Å². The van der Waals surface area contributed by atoms with E-state index in [-0.39, 0.29) is 18.0 Å². The van der Waals surface area contributed by atoms with E-state index in [1.54, 1.807) is 0 Å². The number of nitrogens with zero attached hydrogens (tertiary/aromatic N) is 2. The third-order valence-electron chi connectivity index (χ3n) is 2.05. The van der Waals surface area contributed by atoms with E-state index in [0.717, 1.165) is 0 Å². The van der Waals surface area contributed by atoms with E-state index in [4.69, 9.17) is 14.7 Å². The SMILES string of the molecule is COc1ccc([N+](=O)[O-])c(OCCCC#N)c1. The maximum Gasteiger partial charge on any atom is 0.311 e. The van der Waals surface area contributed by atoms with Gasteiger partial charge in [-0.3, -0.25) is 10.1 Å². The van der Waals surface area contributed by atoms with Gasteiger partial charge in [0.25, 0.3) is 0 Å². The zero-order valence-corrected chi connectivity index (χ0v) is 9.38. The van der Waals surface area contributed by atoms with Gasteiger partial charge in [0.2, 0.25) is 5.75 Å². The Morgan fingerprint density at radius 1 is 1.53 bits per heavy atom. The van der Waals surface area contributed by atoms with Gasteiger partial charge >= 0.3 is 5.69 Å². The zero-order valence-electron chi connectivity index (χ0n) is 9.38. The maximum atomic E-state index is 10.7. The van der Waals surface area contributed by atoms with Gasteiger partial charge in [-0.2, -0.15) is 5.26 Å². The summed E-state index contributed by atoms with van der Waals surface area (Å²) in [6.07, 6.45) is 0.891. The smallest absolute Gasteiger partial charge is 0.311 e. The lowest BCUT2D eigenvalue weighted by Crippen LogP contribution is -2.00. The Labute approximate surface area is 98.5 Å². The second-order valence-corrected chi connectivity index (χ2v) is 3.20. The molecule has 1 aromatic rings. The van der Waals surface area contributed by atoms with Gasteiger partial charge in [0.15, 0.2) is 0 Å². The number of rotatable bonds is 6. The van der Waals surface area contributed by atoms with Crippen LogP contribution < -0.4 is 9.47 Å². The van der Waals surface area contributed by atoms with Crippen LogP contribution in [-0.2, 0) is 0 Å². The van der Waals surface area contributed by atoms with Crippen LogP contribution in [0.1, 0.15) is 12.8 Å². The lowest BCUT2D eigenvalue weighted by molar-refractivity contribution is -0.385. The van der Waals surface area contributed by atoms with Gasteiger partial charge in [-0.05, 0) is 12.5 Å². The van der Waals surface area contributed by atoms with Crippen molar-refractivity contribution >= 4 is 5.69 Å². The van der Waals surface area contributed by atoms with Gasteiger partial charge in [-0.25, -0.2) is 0 Å². The number of hydrogen-bond donors (Lipinski definition) is 0. The fourth-order valence-electron chi connectivity index (χ4n) is 1.22. The normalized spacial score (nSPS) is 9.41. The molecule has 0 fully saturated rings. The number of ether oxygens (including phenoxy) is 2. The van der Waals surface area contributed by atoms with E-state index >= 15 is 0 Å². The molecule has 0 heterocycles. The van der Waals surface area contributed by atoms with Crippen molar-refractivity contribution in [2.24, 2.45) is 0 Å². The molecule has 1 rings (SSSR count). The molecule has 0 aliphatic carbocycles. The topological polar surface area (TPSA) is 85.4 Å². The largest absolute Gasteiger partial charge is 0.497 e. The molecular formula is C11H12N2O4. The third-order valence-corrected chi connectivity index (χ3v) is 2.05. The monoisotopic (exact) mass is 236 g/mol. The molecule has 0 saturated heterocycles. The molecule has 0 N–H and O–H groups in total. The summed E-state index contributed by atoms with van der Waals surface area (Å²) in [7, 11) is 1.47. The van der Waals surface area contributed by atoms with Crippen molar-refractivity contribution in [2.75, 3.05) is 13.7 Å². The summed E-state index contributed by atoms with van der Waals surface area (Å²) in [6, 6.07) is 6.27. The lowest BCUT2D eigenvalue weighted by atomic mass is 10.2. The summed E-state index contributed by atoms with van der Waals surface area (Å²) in [5.41, 5.74) is -0.109. The molecule has 0 unspecified atom stereocenters. The first-order chi connectivity index (χ1) is 8.19. The first kappa shape index (κ1) is 12.8. The fraction of sp³-hybridized carbons (Fsp3) is 0.364. The molecule has 90 valence electrons. The Balaban J connectivity index is 2.79. The summed E-state index contributed by atoms with van der Waals surface area (Å²) in [5.74, 6) is 0.651. The molecule has 0 radical (unpaired) electrons. The first-order valence-corrected chi connectivity index (χ1v) is 5.01. The molecule has 0 aliphatic heterocycles. The van der Waals surface area contributed by atoms with E-state index in [1.165, 1.54) is 25.3 Å². The summed E-state index contributed by atoms with van der Waals surface area (Å²) in [4.78, 5) is 10.2. The van der Waals surface area contributed by atoms with Crippen molar-refractivity contribution < 1.29 is 14.4 Å². The van der Waals surface area contributed by atoms with Crippen LogP contribution in [0.5, 0.6) is 11.5 Å². The molecule has 6 heteroatoms. The van der Waals surface area contributed by atoms with Crippen LogP contribution in [0.25, 0.3) is 0 Å². The summed E-state index contributed by atoms with van der Waals surface area (Å²) < 4.78 is 10.2. The Morgan fingerprint density at radius 2 is 2.29 bits per heavy atom. The first-order valence-electron chi connectivity index (χ1n) is 5.01. The summed E-state index contributed by atoms with van der Waals surface area (Å²) >= 11 is 0. The second-order valence-electron chi connectivity index (χ2n) is 3.20. The highest BCUT2D eigenvalue weighted by molar-refractivity contribution is 5.50. The number of benzene rings is 1. The highest BCUT2D eigenvalue weighted by atomic mass is 16.6. The number of nitriles is 1. The minimum atomic E-state index is -0.515. The summed E-state index contributed by atoms with van der Waals surface area (Å²) in [5, 5.41) is 19.1. The highest BCUT2D eigenvalue weighted by Gasteiger charge is 2.15.